The van der Waals surface area contributed by atoms with Gasteiger partial charge in [0.15, 0.2) is 17.0 Å². The molecule has 0 atom stereocenters. The second-order valence-electron chi connectivity index (χ2n) is 7.19. The molecule has 3 heterocycles. The molecule has 0 radical (unpaired) electrons. The maximum Gasteiger partial charge on any atom is 0.223 e. The fourth-order valence-corrected chi connectivity index (χ4v) is 2.81. The minimum atomic E-state index is 0.0205. The number of nitrogens with zero attached hydrogens (tertiary/aromatic N) is 7. The number of amides is 1. The summed E-state index contributed by atoms with van der Waals surface area (Å²) in [5.41, 5.74) is 1.46. The van der Waals surface area contributed by atoms with Gasteiger partial charge < -0.3 is 9.80 Å². The van der Waals surface area contributed by atoms with E-state index in [1.165, 1.54) is 6.33 Å². The number of aromatic nitrogens is 5. The first-order chi connectivity index (χ1) is 10.8. The van der Waals surface area contributed by atoms with Crippen molar-refractivity contribution in [1.29, 1.82) is 0 Å². The standard InChI is InChI=1S/C15H23N7O/c1-15(2,3)9-11(23)21-5-7-22(8-6-21)14-12-13(16-10-17-14)20(4)19-18-12/h10H,5-9H2,1-4H3. The summed E-state index contributed by atoms with van der Waals surface area (Å²) >= 11 is 0. The summed E-state index contributed by atoms with van der Waals surface area (Å²) in [7, 11) is 1.81. The van der Waals surface area contributed by atoms with E-state index in [0.717, 1.165) is 24.6 Å². The summed E-state index contributed by atoms with van der Waals surface area (Å²) in [5, 5.41) is 8.17. The number of piperazine rings is 1. The Kier molecular flexibility index (Phi) is 3.91. The van der Waals surface area contributed by atoms with E-state index in [2.05, 4.69) is 46.0 Å². The molecule has 0 N–H and O–H groups in total. The Balaban J connectivity index is 1.70. The highest BCUT2D eigenvalue weighted by Crippen LogP contribution is 2.23. The van der Waals surface area contributed by atoms with Gasteiger partial charge in [-0.1, -0.05) is 26.0 Å². The third-order valence-corrected chi connectivity index (χ3v) is 3.98. The number of aryl methyl sites for hydroxylation is 1. The van der Waals surface area contributed by atoms with Crippen molar-refractivity contribution in [3.8, 4) is 0 Å². The van der Waals surface area contributed by atoms with Crippen molar-refractivity contribution in [2.75, 3.05) is 31.1 Å². The van der Waals surface area contributed by atoms with Crippen LogP contribution >= 0.6 is 0 Å². The summed E-state index contributed by atoms with van der Waals surface area (Å²) in [6.07, 6.45) is 2.12. The highest BCUT2D eigenvalue weighted by Gasteiger charge is 2.26. The van der Waals surface area contributed by atoms with Gasteiger partial charge in [0.25, 0.3) is 0 Å². The minimum Gasteiger partial charge on any atom is -0.351 e. The topological polar surface area (TPSA) is 80.0 Å². The molecule has 124 valence electrons. The highest BCUT2D eigenvalue weighted by atomic mass is 16.2. The lowest BCUT2D eigenvalue weighted by Gasteiger charge is -2.36. The van der Waals surface area contributed by atoms with Crippen LogP contribution in [0.5, 0.6) is 0 Å². The third-order valence-electron chi connectivity index (χ3n) is 3.98. The SMILES string of the molecule is Cn1nnc2c(N3CCN(C(=O)CC(C)(C)C)CC3)ncnc21. The monoisotopic (exact) mass is 317 g/mol. The third kappa shape index (κ3) is 3.25. The number of fused-ring (bicyclic) bond motifs is 1. The molecule has 1 aliphatic heterocycles. The molecule has 0 bridgehead atoms. The van der Waals surface area contributed by atoms with Gasteiger partial charge in [-0.25, -0.2) is 14.6 Å². The Morgan fingerprint density at radius 3 is 2.52 bits per heavy atom. The lowest BCUT2D eigenvalue weighted by molar-refractivity contribution is -0.133. The van der Waals surface area contributed by atoms with Gasteiger partial charge in [-0.2, -0.15) is 0 Å². The smallest absolute Gasteiger partial charge is 0.223 e. The van der Waals surface area contributed by atoms with Gasteiger partial charge in [-0.3, -0.25) is 4.79 Å². The predicted octanol–water partition coefficient (Wildman–Crippen LogP) is 0.843. The van der Waals surface area contributed by atoms with Crippen LogP contribution in [0, 0.1) is 5.41 Å². The normalized spacial score (nSPS) is 16.2. The lowest BCUT2D eigenvalue weighted by Crippen LogP contribution is -2.49. The Morgan fingerprint density at radius 1 is 1.17 bits per heavy atom. The van der Waals surface area contributed by atoms with Gasteiger partial charge in [-0.05, 0) is 5.41 Å². The number of hydrogen-bond acceptors (Lipinski definition) is 6. The Morgan fingerprint density at radius 2 is 1.87 bits per heavy atom. The molecule has 1 fully saturated rings. The van der Waals surface area contributed by atoms with Crippen LogP contribution in [0.2, 0.25) is 0 Å². The van der Waals surface area contributed by atoms with Crippen molar-refractivity contribution in [2.24, 2.45) is 12.5 Å². The van der Waals surface area contributed by atoms with Gasteiger partial charge in [0, 0.05) is 39.6 Å². The predicted molar refractivity (Wildman–Crippen MR) is 87.0 cm³/mol. The second-order valence-corrected chi connectivity index (χ2v) is 7.19. The number of carbonyl (C=O) groups is 1. The molecule has 1 saturated heterocycles. The largest absolute Gasteiger partial charge is 0.351 e. The van der Waals surface area contributed by atoms with E-state index in [4.69, 9.17) is 0 Å². The van der Waals surface area contributed by atoms with E-state index >= 15 is 0 Å². The summed E-state index contributed by atoms with van der Waals surface area (Å²) in [6, 6.07) is 0. The average Bonchev–Trinajstić information content (AvgIpc) is 2.87. The summed E-state index contributed by atoms with van der Waals surface area (Å²) < 4.78 is 1.64. The fraction of sp³-hybridized carbons (Fsp3) is 0.667. The summed E-state index contributed by atoms with van der Waals surface area (Å²) in [6.45, 7) is 9.19. The van der Waals surface area contributed by atoms with E-state index in [1.54, 1.807) is 4.68 Å². The highest BCUT2D eigenvalue weighted by molar-refractivity contribution is 5.83. The zero-order valence-electron chi connectivity index (χ0n) is 14.2. The van der Waals surface area contributed by atoms with E-state index in [9.17, 15) is 4.79 Å². The Labute approximate surface area is 135 Å². The maximum atomic E-state index is 12.3. The lowest BCUT2D eigenvalue weighted by atomic mass is 9.91. The van der Waals surface area contributed by atoms with Gasteiger partial charge in [0.1, 0.15) is 6.33 Å². The molecule has 0 unspecified atom stereocenters. The number of anilines is 1. The number of hydrogen-bond donors (Lipinski definition) is 0. The first kappa shape index (κ1) is 15.6. The first-order valence-corrected chi connectivity index (χ1v) is 7.88. The van der Waals surface area contributed by atoms with Crippen LogP contribution in [0.4, 0.5) is 5.82 Å². The molecule has 3 rings (SSSR count). The van der Waals surface area contributed by atoms with Crippen molar-refractivity contribution >= 4 is 22.9 Å². The van der Waals surface area contributed by atoms with E-state index < -0.39 is 0 Å². The van der Waals surface area contributed by atoms with Crippen LogP contribution in [-0.4, -0.2) is 61.9 Å². The molecule has 0 spiro atoms. The summed E-state index contributed by atoms with van der Waals surface area (Å²) in [5.74, 6) is 1.02. The molecule has 8 heteroatoms. The van der Waals surface area contributed by atoms with Crippen molar-refractivity contribution < 1.29 is 4.79 Å². The van der Waals surface area contributed by atoms with E-state index in [0.29, 0.717) is 25.0 Å². The van der Waals surface area contributed by atoms with Crippen LogP contribution in [0.3, 0.4) is 0 Å². The molecule has 8 nitrogen and oxygen atoms in total. The van der Waals surface area contributed by atoms with Crippen molar-refractivity contribution in [3.63, 3.8) is 0 Å². The first-order valence-electron chi connectivity index (χ1n) is 7.88. The molecule has 2 aromatic rings. The van der Waals surface area contributed by atoms with Gasteiger partial charge in [-0.15, -0.1) is 5.10 Å². The van der Waals surface area contributed by atoms with Crippen LogP contribution in [0.15, 0.2) is 6.33 Å². The fourth-order valence-electron chi connectivity index (χ4n) is 2.81. The molecular formula is C15H23N7O. The summed E-state index contributed by atoms with van der Waals surface area (Å²) in [4.78, 5) is 25.0. The minimum absolute atomic E-state index is 0.0205. The van der Waals surface area contributed by atoms with Crippen molar-refractivity contribution in [3.05, 3.63) is 6.33 Å². The second kappa shape index (κ2) is 5.75. The molecule has 0 aromatic carbocycles. The van der Waals surface area contributed by atoms with Crippen LogP contribution < -0.4 is 4.90 Å². The molecule has 0 aliphatic carbocycles. The molecular weight excluding hydrogens is 294 g/mol. The molecule has 0 saturated carbocycles. The molecule has 1 amide bonds. The van der Waals surface area contributed by atoms with Crippen molar-refractivity contribution in [2.45, 2.75) is 27.2 Å². The quantitative estimate of drug-likeness (QED) is 0.817. The maximum absolute atomic E-state index is 12.3. The Hall–Kier alpha value is -2.25. The molecule has 1 aliphatic rings. The number of carbonyl (C=O) groups excluding carboxylic acids is 1. The molecule has 23 heavy (non-hydrogen) atoms. The van der Waals surface area contributed by atoms with Crippen LogP contribution in [-0.2, 0) is 11.8 Å². The van der Waals surface area contributed by atoms with Gasteiger partial charge >= 0.3 is 0 Å². The average molecular weight is 317 g/mol. The van der Waals surface area contributed by atoms with Crippen molar-refractivity contribution in [1.82, 2.24) is 29.9 Å². The molecule has 2 aromatic heterocycles. The van der Waals surface area contributed by atoms with E-state index in [1.807, 2.05) is 11.9 Å². The Bertz CT molecular complexity index is 710. The van der Waals surface area contributed by atoms with E-state index in [-0.39, 0.29) is 11.3 Å². The zero-order chi connectivity index (χ0) is 16.6. The van der Waals surface area contributed by atoms with Gasteiger partial charge in [0.05, 0.1) is 0 Å². The number of rotatable bonds is 2. The van der Waals surface area contributed by atoms with Crippen LogP contribution in [0.1, 0.15) is 27.2 Å². The zero-order valence-corrected chi connectivity index (χ0v) is 14.2. The van der Waals surface area contributed by atoms with Crippen LogP contribution in [0.25, 0.3) is 11.2 Å². The van der Waals surface area contributed by atoms with Gasteiger partial charge in [0.2, 0.25) is 5.91 Å².